The molecule has 1 fully saturated rings. The van der Waals surface area contributed by atoms with E-state index in [4.69, 9.17) is 5.11 Å². The predicted octanol–water partition coefficient (Wildman–Crippen LogP) is 2.15. The van der Waals surface area contributed by atoms with E-state index in [1.54, 1.807) is 0 Å². The molecule has 0 bridgehead atoms. The first-order valence-electron chi connectivity index (χ1n) is 7.14. The Bertz CT molecular complexity index is 442. The molecule has 0 aliphatic carbocycles. The van der Waals surface area contributed by atoms with Crippen LogP contribution in [0.25, 0.3) is 0 Å². The van der Waals surface area contributed by atoms with Gasteiger partial charge >= 0.3 is 0 Å². The van der Waals surface area contributed by atoms with E-state index in [9.17, 15) is 8.78 Å². The minimum atomic E-state index is -0.547. The van der Waals surface area contributed by atoms with Crippen LogP contribution in [0.1, 0.15) is 19.8 Å². The van der Waals surface area contributed by atoms with Crippen LogP contribution in [-0.2, 0) is 0 Å². The minimum Gasteiger partial charge on any atom is -0.396 e. The zero-order valence-electron chi connectivity index (χ0n) is 11.8. The summed E-state index contributed by atoms with van der Waals surface area (Å²) in [4.78, 5) is 1.97. The van der Waals surface area contributed by atoms with Crippen LogP contribution in [0.2, 0.25) is 0 Å². The van der Waals surface area contributed by atoms with E-state index < -0.39 is 11.6 Å². The summed E-state index contributed by atoms with van der Waals surface area (Å²) in [5.41, 5.74) is 0.465. The summed E-state index contributed by atoms with van der Waals surface area (Å²) in [7, 11) is 0. The van der Waals surface area contributed by atoms with Crippen LogP contribution in [0.3, 0.4) is 0 Å². The Morgan fingerprint density at radius 2 is 2.15 bits per heavy atom. The van der Waals surface area contributed by atoms with Crippen LogP contribution in [0.5, 0.6) is 0 Å². The van der Waals surface area contributed by atoms with Crippen LogP contribution in [0.15, 0.2) is 18.2 Å². The Morgan fingerprint density at radius 1 is 1.35 bits per heavy atom. The summed E-state index contributed by atoms with van der Waals surface area (Å²) in [5, 5.41) is 12.2. The Morgan fingerprint density at radius 3 is 2.85 bits per heavy atom. The Kier molecular flexibility index (Phi) is 5.31. The largest absolute Gasteiger partial charge is 0.396 e. The quantitative estimate of drug-likeness (QED) is 0.813. The van der Waals surface area contributed by atoms with Gasteiger partial charge in [-0.2, -0.15) is 0 Å². The van der Waals surface area contributed by atoms with Crippen molar-refractivity contribution >= 4 is 5.69 Å². The molecule has 2 unspecified atom stereocenters. The highest BCUT2D eigenvalue weighted by Gasteiger charge is 2.26. The molecule has 1 aromatic rings. The van der Waals surface area contributed by atoms with Crippen molar-refractivity contribution < 1.29 is 13.9 Å². The lowest BCUT2D eigenvalue weighted by Crippen LogP contribution is -2.49. The number of nitrogens with zero attached hydrogens (tertiary/aromatic N) is 1. The molecule has 0 radical (unpaired) electrons. The molecule has 0 aromatic heterocycles. The fourth-order valence-electron chi connectivity index (χ4n) is 2.82. The molecule has 1 aromatic carbocycles. The van der Waals surface area contributed by atoms with Crippen LogP contribution in [0, 0.1) is 17.6 Å². The number of anilines is 1. The van der Waals surface area contributed by atoms with E-state index in [0.717, 1.165) is 32.0 Å². The molecular weight excluding hydrogens is 262 g/mol. The number of hydrogen-bond donors (Lipinski definition) is 2. The highest BCUT2D eigenvalue weighted by atomic mass is 19.1. The molecule has 1 heterocycles. The number of rotatable bonds is 5. The van der Waals surface area contributed by atoms with Crippen molar-refractivity contribution in [1.29, 1.82) is 0 Å². The van der Waals surface area contributed by atoms with Crippen molar-refractivity contribution in [2.24, 2.45) is 5.92 Å². The average Bonchev–Trinajstić information content (AvgIpc) is 2.38. The maximum Gasteiger partial charge on any atom is 0.149 e. The second-order valence-corrected chi connectivity index (χ2v) is 5.57. The van der Waals surface area contributed by atoms with Gasteiger partial charge in [-0.1, -0.05) is 6.92 Å². The van der Waals surface area contributed by atoms with Gasteiger partial charge in [0.1, 0.15) is 11.6 Å². The van der Waals surface area contributed by atoms with Crippen molar-refractivity contribution in [2.45, 2.75) is 25.8 Å². The molecule has 112 valence electrons. The molecule has 2 atom stereocenters. The van der Waals surface area contributed by atoms with E-state index in [1.165, 1.54) is 12.1 Å². The normalized spacial score (nSPS) is 23.1. The molecule has 1 aliphatic heterocycles. The fourth-order valence-corrected chi connectivity index (χ4v) is 2.82. The number of piperidine rings is 1. The van der Waals surface area contributed by atoms with E-state index in [-0.39, 0.29) is 12.6 Å². The van der Waals surface area contributed by atoms with Gasteiger partial charge in [-0.05, 0) is 37.4 Å². The molecule has 1 saturated heterocycles. The van der Waals surface area contributed by atoms with Crippen LogP contribution < -0.4 is 10.2 Å². The summed E-state index contributed by atoms with van der Waals surface area (Å²) in [6.45, 7) is 4.55. The Labute approximate surface area is 118 Å². The van der Waals surface area contributed by atoms with Crippen LogP contribution in [0.4, 0.5) is 14.5 Å². The first kappa shape index (κ1) is 15.2. The SMILES string of the molecule is CC1CC(NCCCO)CN(c2ccc(F)cc2F)C1. The van der Waals surface area contributed by atoms with Gasteiger partial charge in [-0.3, -0.25) is 0 Å². The zero-order chi connectivity index (χ0) is 14.5. The number of halogens is 2. The first-order chi connectivity index (χ1) is 9.60. The average molecular weight is 284 g/mol. The molecule has 2 rings (SSSR count). The Balaban J connectivity index is 2.03. The van der Waals surface area contributed by atoms with Gasteiger partial charge in [0.15, 0.2) is 0 Å². The number of nitrogens with one attached hydrogen (secondary N) is 1. The summed E-state index contributed by atoms with van der Waals surface area (Å²) in [5.74, 6) is -0.609. The fraction of sp³-hybridized carbons (Fsp3) is 0.600. The maximum atomic E-state index is 13.9. The van der Waals surface area contributed by atoms with E-state index >= 15 is 0 Å². The van der Waals surface area contributed by atoms with Crippen molar-refractivity contribution in [3.8, 4) is 0 Å². The number of hydrogen-bond acceptors (Lipinski definition) is 3. The molecule has 0 amide bonds. The monoisotopic (exact) mass is 284 g/mol. The summed E-state index contributed by atoms with van der Waals surface area (Å²) in [6.07, 6.45) is 1.75. The molecule has 0 saturated carbocycles. The van der Waals surface area contributed by atoms with Gasteiger partial charge in [-0.15, -0.1) is 0 Å². The van der Waals surface area contributed by atoms with Crippen LogP contribution >= 0.6 is 0 Å². The van der Waals surface area contributed by atoms with Gasteiger partial charge in [0.25, 0.3) is 0 Å². The Hall–Kier alpha value is -1.20. The second kappa shape index (κ2) is 6.99. The molecule has 1 aliphatic rings. The van der Waals surface area contributed by atoms with Crippen LogP contribution in [-0.4, -0.2) is 37.4 Å². The number of benzene rings is 1. The molecule has 20 heavy (non-hydrogen) atoms. The molecular formula is C15H22F2N2O. The summed E-state index contributed by atoms with van der Waals surface area (Å²) < 4.78 is 26.8. The number of aliphatic hydroxyl groups excluding tert-OH is 1. The lowest BCUT2D eigenvalue weighted by molar-refractivity contribution is 0.276. The third-order valence-electron chi connectivity index (χ3n) is 3.68. The number of aliphatic hydroxyl groups is 1. The molecule has 2 N–H and O–H groups in total. The minimum absolute atomic E-state index is 0.172. The predicted molar refractivity (Wildman–Crippen MR) is 75.8 cm³/mol. The van der Waals surface area contributed by atoms with Crippen molar-refractivity contribution in [3.05, 3.63) is 29.8 Å². The third kappa shape index (κ3) is 3.90. The lowest BCUT2D eigenvalue weighted by atomic mass is 9.95. The van der Waals surface area contributed by atoms with Gasteiger partial charge in [0.05, 0.1) is 5.69 Å². The van der Waals surface area contributed by atoms with Gasteiger partial charge in [-0.25, -0.2) is 8.78 Å². The van der Waals surface area contributed by atoms with E-state index in [2.05, 4.69) is 12.2 Å². The van der Waals surface area contributed by atoms with Crippen molar-refractivity contribution in [2.75, 3.05) is 31.1 Å². The van der Waals surface area contributed by atoms with E-state index in [1.807, 2.05) is 4.90 Å². The molecule has 3 nitrogen and oxygen atoms in total. The standard InChI is InChI=1S/C15H22F2N2O/c1-11-7-13(18-5-2-6-20)10-19(9-11)15-4-3-12(16)8-14(15)17/h3-4,8,11,13,18,20H,2,5-7,9-10H2,1H3. The first-order valence-corrected chi connectivity index (χ1v) is 7.14. The highest BCUT2D eigenvalue weighted by Crippen LogP contribution is 2.26. The van der Waals surface area contributed by atoms with Gasteiger partial charge < -0.3 is 15.3 Å². The van der Waals surface area contributed by atoms with Gasteiger partial charge in [0, 0.05) is 31.8 Å². The van der Waals surface area contributed by atoms with Crippen molar-refractivity contribution in [3.63, 3.8) is 0 Å². The highest BCUT2D eigenvalue weighted by molar-refractivity contribution is 5.48. The topological polar surface area (TPSA) is 35.5 Å². The second-order valence-electron chi connectivity index (χ2n) is 5.57. The molecule has 5 heteroatoms. The van der Waals surface area contributed by atoms with E-state index in [0.29, 0.717) is 18.2 Å². The zero-order valence-corrected chi connectivity index (χ0v) is 11.8. The van der Waals surface area contributed by atoms with Gasteiger partial charge in [0.2, 0.25) is 0 Å². The van der Waals surface area contributed by atoms with Crippen molar-refractivity contribution in [1.82, 2.24) is 5.32 Å². The molecule has 0 spiro atoms. The smallest absolute Gasteiger partial charge is 0.149 e. The maximum absolute atomic E-state index is 13.9. The summed E-state index contributed by atoms with van der Waals surface area (Å²) >= 11 is 0. The summed E-state index contributed by atoms with van der Waals surface area (Å²) in [6, 6.07) is 4.01. The third-order valence-corrected chi connectivity index (χ3v) is 3.68. The lowest BCUT2D eigenvalue weighted by Gasteiger charge is -2.38.